The first-order valence-corrected chi connectivity index (χ1v) is 8.35. The summed E-state index contributed by atoms with van der Waals surface area (Å²) in [5.74, 6) is 0. The molecule has 2 rings (SSSR count). The molecule has 1 aromatic carbocycles. The highest BCUT2D eigenvalue weighted by Crippen LogP contribution is 2.33. The van der Waals surface area contributed by atoms with Crippen molar-refractivity contribution in [2.24, 2.45) is 5.73 Å². The van der Waals surface area contributed by atoms with E-state index in [0.717, 1.165) is 13.1 Å². The van der Waals surface area contributed by atoms with Crippen molar-refractivity contribution in [3.63, 3.8) is 0 Å². The Morgan fingerprint density at radius 3 is 2.42 bits per heavy atom. The SMILES string of the molecule is CSC1(CN)CCN(Cc2ccc(C)c(C)c2)CC1. The predicted molar refractivity (Wildman–Crippen MR) is 85.7 cm³/mol. The summed E-state index contributed by atoms with van der Waals surface area (Å²) in [6.45, 7) is 8.61. The number of thioether (sulfide) groups is 1. The van der Waals surface area contributed by atoms with Crippen molar-refractivity contribution in [3.05, 3.63) is 34.9 Å². The Balaban J connectivity index is 1.93. The zero-order chi connectivity index (χ0) is 13.9. The third kappa shape index (κ3) is 3.53. The number of nitrogens with zero attached hydrogens (tertiary/aromatic N) is 1. The average molecular weight is 278 g/mol. The van der Waals surface area contributed by atoms with E-state index in [0.29, 0.717) is 4.75 Å². The number of nitrogens with two attached hydrogens (primary N) is 1. The van der Waals surface area contributed by atoms with Crippen LogP contribution in [0.15, 0.2) is 18.2 Å². The van der Waals surface area contributed by atoms with E-state index in [2.05, 4.69) is 43.2 Å². The second-order valence-corrected chi connectivity index (χ2v) is 7.06. The minimum atomic E-state index is 0.333. The van der Waals surface area contributed by atoms with Gasteiger partial charge in [-0.1, -0.05) is 18.2 Å². The van der Waals surface area contributed by atoms with Crippen LogP contribution in [-0.4, -0.2) is 35.5 Å². The largest absolute Gasteiger partial charge is 0.329 e. The highest BCUT2D eigenvalue weighted by Gasteiger charge is 2.32. The van der Waals surface area contributed by atoms with Gasteiger partial charge in [-0.15, -0.1) is 0 Å². The number of piperidine rings is 1. The van der Waals surface area contributed by atoms with Gasteiger partial charge in [0.05, 0.1) is 0 Å². The van der Waals surface area contributed by atoms with E-state index in [-0.39, 0.29) is 0 Å². The maximum atomic E-state index is 5.94. The molecule has 1 aliphatic rings. The quantitative estimate of drug-likeness (QED) is 0.918. The zero-order valence-electron chi connectivity index (χ0n) is 12.4. The summed E-state index contributed by atoms with van der Waals surface area (Å²) >= 11 is 1.95. The number of likely N-dealkylation sites (tertiary alicyclic amines) is 1. The molecule has 19 heavy (non-hydrogen) atoms. The first-order chi connectivity index (χ1) is 9.08. The van der Waals surface area contributed by atoms with E-state index in [1.807, 2.05) is 11.8 Å². The van der Waals surface area contributed by atoms with E-state index in [9.17, 15) is 0 Å². The van der Waals surface area contributed by atoms with Crippen LogP contribution in [0.1, 0.15) is 29.5 Å². The molecular formula is C16H26N2S. The molecule has 0 atom stereocenters. The highest BCUT2D eigenvalue weighted by atomic mass is 32.2. The first kappa shape index (κ1) is 14.9. The van der Waals surface area contributed by atoms with Gasteiger partial charge in [-0.05, 0) is 62.7 Å². The van der Waals surface area contributed by atoms with Crippen molar-refractivity contribution in [2.75, 3.05) is 25.9 Å². The second-order valence-electron chi connectivity index (χ2n) is 5.79. The smallest absolute Gasteiger partial charge is 0.0303 e. The summed E-state index contributed by atoms with van der Waals surface area (Å²) in [5, 5.41) is 0. The lowest BCUT2D eigenvalue weighted by Gasteiger charge is -2.40. The Bertz CT molecular complexity index is 417. The Morgan fingerprint density at radius 1 is 1.21 bits per heavy atom. The minimum Gasteiger partial charge on any atom is -0.329 e. The van der Waals surface area contributed by atoms with Gasteiger partial charge in [-0.25, -0.2) is 0 Å². The summed E-state index contributed by atoms with van der Waals surface area (Å²) in [6.07, 6.45) is 4.64. The summed E-state index contributed by atoms with van der Waals surface area (Å²) in [6, 6.07) is 6.83. The normalized spacial score (nSPS) is 19.6. The fourth-order valence-electron chi connectivity index (χ4n) is 2.77. The molecule has 1 aliphatic heterocycles. The molecular weight excluding hydrogens is 252 g/mol. The van der Waals surface area contributed by atoms with Crippen molar-refractivity contribution in [3.8, 4) is 0 Å². The minimum absolute atomic E-state index is 0.333. The van der Waals surface area contributed by atoms with Crippen LogP contribution in [0.25, 0.3) is 0 Å². The van der Waals surface area contributed by atoms with Gasteiger partial charge in [-0.2, -0.15) is 11.8 Å². The maximum absolute atomic E-state index is 5.94. The predicted octanol–water partition coefficient (Wildman–Crippen LogP) is 2.96. The average Bonchev–Trinajstić information content (AvgIpc) is 2.44. The van der Waals surface area contributed by atoms with E-state index >= 15 is 0 Å². The van der Waals surface area contributed by atoms with Crippen molar-refractivity contribution in [1.82, 2.24) is 4.90 Å². The topological polar surface area (TPSA) is 29.3 Å². The third-order valence-corrected chi connectivity index (χ3v) is 5.99. The lowest BCUT2D eigenvalue weighted by Crippen LogP contribution is -2.46. The van der Waals surface area contributed by atoms with Gasteiger partial charge in [0.15, 0.2) is 0 Å². The van der Waals surface area contributed by atoms with Crippen LogP contribution >= 0.6 is 11.8 Å². The van der Waals surface area contributed by atoms with Crippen LogP contribution < -0.4 is 5.73 Å². The lowest BCUT2D eigenvalue weighted by atomic mass is 9.95. The van der Waals surface area contributed by atoms with Gasteiger partial charge in [0.25, 0.3) is 0 Å². The molecule has 3 heteroatoms. The molecule has 1 aromatic rings. The van der Waals surface area contributed by atoms with Gasteiger partial charge in [0, 0.05) is 17.8 Å². The molecule has 1 fully saturated rings. The van der Waals surface area contributed by atoms with Crippen molar-refractivity contribution in [1.29, 1.82) is 0 Å². The maximum Gasteiger partial charge on any atom is 0.0303 e. The summed E-state index contributed by atoms with van der Waals surface area (Å²) in [4.78, 5) is 2.56. The molecule has 0 aliphatic carbocycles. The molecule has 0 radical (unpaired) electrons. The summed E-state index contributed by atoms with van der Waals surface area (Å²) in [7, 11) is 0. The van der Waals surface area contributed by atoms with E-state index < -0.39 is 0 Å². The third-order valence-electron chi connectivity index (χ3n) is 4.55. The molecule has 0 spiro atoms. The first-order valence-electron chi connectivity index (χ1n) is 7.12. The van der Waals surface area contributed by atoms with E-state index in [1.165, 1.54) is 42.6 Å². The number of hydrogen-bond donors (Lipinski definition) is 1. The molecule has 0 bridgehead atoms. The number of hydrogen-bond acceptors (Lipinski definition) is 3. The molecule has 1 saturated heterocycles. The molecule has 0 saturated carbocycles. The fraction of sp³-hybridized carbons (Fsp3) is 0.625. The standard InChI is InChI=1S/C16H26N2S/c1-13-4-5-15(10-14(13)2)11-18-8-6-16(12-17,19-3)7-9-18/h4-5,10H,6-9,11-12,17H2,1-3H3. The molecule has 0 aromatic heterocycles. The van der Waals surface area contributed by atoms with Gasteiger partial charge in [0.2, 0.25) is 0 Å². The summed E-state index contributed by atoms with van der Waals surface area (Å²) < 4.78 is 0.333. The van der Waals surface area contributed by atoms with Gasteiger partial charge in [0.1, 0.15) is 0 Å². The van der Waals surface area contributed by atoms with Crippen LogP contribution in [0, 0.1) is 13.8 Å². The van der Waals surface area contributed by atoms with Crippen LogP contribution in [0.2, 0.25) is 0 Å². The molecule has 0 unspecified atom stereocenters. The van der Waals surface area contributed by atoms with E-state index in [1.54, 1.807) is 0 Å². The van der Waals surface area contributed by atoms with Crippen molar-refractivity contribution < 1.29 is 0 Å². The number of aryl methyl sites for hydroxylation is 2. The van der Waals surface area contributed by atoms with Gasteiger partial charge in [-0.3, -0.25) is 4.90 Å². The highest BCUT2D eigenvalue weighted by molar-refractivity contribution is 8.00. The van der Waals surface area contributed by atoms with Crippen LogP contribution in [0.3, 0.4) is 0 Å². The Kier molecular flexibility index (Phi) is 4.93. The Labute approximate surface area is 121 Å². The van der Waals surface area contributed by atoms with Crippen LogP contribution in [0.4, 0.5) is 0 Å². The van der Waals surface area contributed by atoms with Crippen LogP contribution in [-0.2, 0) is 6.54 Å². The van der Waals surface area contributed by atoms with Gasteiger partial charge < -0.3 is 5.73 Å². The number of rotatable bonds is 4. The Hall–Kier alpha value is -0.510. The zero-order valence-corrected chi connectivity index (χ0v) is 13.2. The monoisotopic (exact) mass is 278 g/mol. The van der Waals surface area contributed by atoms with Crippen LogP contribution in [0.5, 0.6) is 0 Å². The van der Waals surface area contributed by atoms with Crippen molar-refractivity contribution in [2.45, 2.75) is 38.0 Å². The Morgan fingerprint density at radius 2 is 1.89 bits per heavy atom. The number of benzene rings is 1. The lowest BCUT2D eigenvalue weighted by molar-refractivity contribution is 0.195. The molecule has 2 nitrogen and oxygen atoms in total. The molecule has 0 amide bonds. The summed E-state index contributed by atoms with van der Waals surface area (Å²) in [5.41, 5.74) is 10.2. The second kappa shape index (κ2) is 6.29. The molecule has 106 valence electrons. The van der Waals surface area contributed by atoms with Crippen molar-refractivity contribution >= 4 is 11.8 Å². The molecule has 1 heterocycles. The van der Waals surface area contributed by atoms with E-state index in [4.69, 9.17) is 5.73 Å². The van der Waals surface area contributed by atoms with Gasteiger partial charge >= 0.3 is 0 Å². The molecule has 2 N–H and O–H groups in total. The fourth-order valence-corrected chi connectivity index (χ4v) is 3.53.